The Balaban J connectivity index is 2.95. The van der Waals surface area contributed by atoms with Crippen molar-refractivity contribution >= 4 is 35.4 Å². The third kappa shape index (κ3) is 7.08. The van der Waals surface area contributed by atoms with Gasteiger partial charge in [0.1, 0.15) is 6.04 Å². The molecule has 0 spiro atoms. The molecule has 1 aromatic carbocycles. The zero-order valence-electron chi connectivity index (χ0n) is 16.5. The van der Waals surface area contributed by atoms with Gasteiger partial charge >= 0.3 is 12.2 Å². The topological polar surface area (TPSA) is 101 Å². The Hall–Kier alpha value is -2.21. The number of hydrogen-bond donors (Lipinski definition) is 1. The van der Waals surface area contributed by atoms with Crippen LogP contribution in [0.25, 0.3) is 0 Å². The van der Waals surface area contributed by atoms with Crippen molar-refractivity contribution < 1.29 is 24.4 Å². The summed E-state index contributed by atoms with van der Waals surface area (Å²) in [5.74, 6) is 0. The quantitative estimate of drug-likeness (QED) is 0.521. The summed E-state index contributed by atoms with van der Waals surface area (Å²) < 4.78 is 0. The molecule has 1 N–H and O–H groups in total. The summed E-state index contributed by atoms with van der Waals surface area (Å²) in [5.41, 5.74) is -0.988. The highest BCUT2D eigenvalue weighted by Gasteiger charge is 2.37. The van der Waals surface area contributed by atoms with Gasteiger partial charge in [-0.3, -0.25) is 4.90 Å². The molecule has 0 saturated carbocycles. The van der Waals surface area contributed by atoms with Crippen molar-refractivity contribution in [1.82, 2.24) is 10.2 Å². The summed E-state index contributed by atoms with van der Waals surface area (Å²) >= 11 is 11.9. The van der Waals surface area contributed by atoms with Crippen molar-refractivity contribution in [3.05, 3.63) is 33.8 Å². The third-order valence-electron chi connectivity index (χ3n) is 3.25. The molecule has 0 heterocycles. The summed E-state index contributed by atoms with van der Waals surface area (Å²) in [7, 11) is 0. The van der Waals surface area contributed by atoms with Gasteiger partial charge in [0, 0.05) is 11.1 Å². The van der Waals surface area contributed by atoms with Crippen LogP contribution in [-0.4, -0.2) is 28.2 Å². The van der Waals surface area contributed by atoms with Crippen molar-refractivity contribution in [1.29, 1.82) is 5.26 Å². The number of hydrogen-bond acceptors (Lipinski definition) is 6. The van der Waals surface area contributed by atoms with Gasteiger partial charge in [0.2, 0.25) is 0 Å². The molecule has 0 aromatic heterocycles. The van der Waals surface area contributed by atoms with Gasteiger partial charge in [0.05, 0.1) is 21.2 Å². The third-order valence-corrected chi connectivity index (χ3v) is 3.99. The molecule has 0 fully saturated rings. The summed E-state index contributed by atoms with van der Waals surface area (Å²) in [5, 5.41) is 16.9. The number of benzene rings is 1. The second-order valence-corrected chi connectivity index (χ2v) is 8.72. The van der Waals surface area contributed by atoms with Crippen LogP contribution in [0, 0.1) is 11.3 Å². The van der Waals surface area contributed by atoms with Crippen molar-refractivity contribution in [2.75, 3.05) is 0 Å². The SMILES string of the molecule is CC(C)(C)NC(=O)OOOC(=O)N(C(C#N)c1ccc(Cl)c(Cl)c1)C(C)(C)C. The second-order valence-electron chi connectivity index (χ2n) is 7.91. The number of nitriles is 1. The zero-order valence-corrected chi connectivity index (χ0v) is 18.0. The molecule has 28 heavy (non-hydrogen) atoms. The fourth-order valence-corrected chi connectivity index (χ4v) is 2.48. The molecule has 0 radical (unpaired) electrons. The lowest BCUT2D eigenvalue weighted by molar-refractivity contribution is -0.450. The fraction of sp³-hybridized carbons (Fsp3) is 0.500. The molecule has 1 unspecified atom stereocenters. The monoisotopic (exact) mass is 431 g/mol. The van der Waals surface area contributed by atoms with E-state index in [2.05, 4.69) is 20.1 Å². The zero-order chi connectivity index (χ0) is 21.7. The highest BCUT2D eigenvalue weighted by molar-refractivity contribution is 6.42. The van der Waals surface area contributed by atoms with E-state index in [9.17, 15) is 14.9 Å². The van der Waals surface area contributed by atoms with E-state index < -0.39 is 29.3 Å². The van der Waals surface area contributed by atoms with Crippen LogP contribution in [0.4, 0.5) is 9.59 Å². The molecule has 154 valence electrons. The maximum atomic E-state index is 12.5. The molecule has 0 aliphatic heterocycles. The summed E-state index contributed by atoms with van der Waals surface area (Å²) in [6.45, 7) is 10.3. The van der Waals surface area contributed by atoms with Crippen LogP contribution in [0.2, 0.25) is 10.0 Å². The minimum atomic E-state index is -1.06. The number of nitrogens with one attached hydrogen (secondary N) is 1. The first-order valence-electron chi connectivity index (χ1n) is 8.27. The summed E-state index contributed by atoms with van der Waals surface area (Å²) in [6.07, 6.45) is -1.97. The van der Waals surface area contributed by atoms with Crippen LogP contribution in [0.1, 0.15) is 53.1 Å². The van der Waals surface area contributed by atoms with Crippen LogP contribution in [-0.2, 0) is 14.8 Å². The second kappa shape index (κ2) is 9.32. The normalized spacial score (nSPS) is 12.5. The number of halogens is 2. The van der Waals surface area contributed by atoms with Crippen LogP contribution in [0.3, 0.4) is 0 Å². The van der Waals surface area contributed by atoms with Gasteiger partial charge in [-0.05, 0) is 59.2 Å². The maximum absolute atomic E-state index is 12.5. The van der Waals surface area contributed by atoms with Gasteiger partial charge in [-0.15, -0.1) is 0 Å². The first kappa shape index (κ1) is 23.8. The number of nitrogens with zero attached hydrogens (tertiary/aromatic N) is 2. The molecule has 0 saturated heterocycles. The lowest BCUT2D eigenvalue weighted by Gasteiger charge is -2.37. The van der Waals surface area contributed by atoms with E-state index in [4.69, 9.17) is 23.2 Å². The van der Waals surface area contributed by atoms with E-state index in [0.717, 1.165) is 4.90 Å². The van der Waals surface area contributed by atoms with Gasteiger partial charge in [-0.1, -0.05) is 29.3 Å². The first-order chi connectivity index (χ1) is 12.8. The van der Waals surface area contributed by atoms with Crippen molar-refractivity contribution in [3.8, 4) is 6.07 Å². The number of amides is 2. The Morgan fingerprint density at radius 3 is 2.18 bits per heavy atom. The van der Waals surface area contributed by atoms with Crippen LogP contribution in [0.5, 0.6) is 0 Å². The van der Waals surface area contributed by atoms with E-state index in [0.29, 0.717) is 10.6 Å². The molecule has 8 nitrogen and oxygen atoms in total. The molecule has 0 aliphatic carbocycles. The lowest BCUT2D eigenvalue weighted by Crippen LogP contribution is -2.48. The Labute approximate surface area is 174 Å². The van der Waals surface area contributed by atoms with E-state index in [1.807, 2.05) is 6.07 Å². The molecule has 1 aromatic rings. The van der Waals surface area contributed by atoms with Gasteiger partial charge in [0.15, 0.2) is 0 Å². The standard InChI is InChI=1S/C18H23Cl2N3O5/c1-17(2,3)22-15(24)26-28-27-16(25)23(18(4,5)6)14(10-21)11-7-8-12(19)13(20)9-11/h7-9,14H,1-6H3,(H,22,24). The van der Waals surface area contributed by atoms with E-state index in [1.165, 1.54) is 12.1 Å². The van der Waals surface area contributed by atoms with Gasteiger partial charge in [-0.2, -0.15) is 5.26 Å². The van der Waals surface area contributed by atoms with Gasteiger partial charge in [-0.25, -0.2) is 19.4 Å². The molecular formula is C18H23Cl2N3O5. The molecule has 10 heteroatoms. The smallest absolute Gasteiger partial charge is 0.314 e. The predicted molar refractivity (Wildman–Crippen MR) is 103 cm³/mol. The molecule has 1 rings (SSSR count). The van der Waals surface area contributed by atoms with Crippen molar-refractivity contribution in [2.45, 2.75) is 58.7 Å². The minimum absolute atomic E-state index is 0.236. The Morgan fingerprint density at radius 2 is 1.71 bits per heavy atom. The molecule has 2 amide bonds. The predicted octanol–water partition coefficient (Wildman–Crippen LogP) is 5.17. The summed E-state index contributed by atoms with van der Waals surface area (Å²) in [4.78, 5) is 34.1. The highest BCUT2D eigenvalue weighted by atomic mass is 35.5. The maximum Gasteiger partial charge on any atom is 0.447 e. The van der Waals surface area contributed by atoms with E-state index in [-0.39, 0.29) is 5.02 Å². The minimum Gasteiger partial charge on any atom is -0.314 e. The van der Waals surface area contributed by atoms with Crippen molar-refractivity contribution in [3.63, 3.8) is 0 Å². The number of rotatable bonds is 4. The Morgan fingerprint density at radius 1 is 1.11 bits per heavy atom. The largest absolute Gasteiger partial charge is 0.447 e. The van der Waals surface area contributed by atoms with Gasteiger partial charge < -0.3 is 5.32 Å². The molecule has 0 bridgehead atoms. The van der Waals surface area contributed by atoms with Crippen LogP contribution < -0.4 is 5.32 Å². The Bertz CT molecular complexity index is 766. The van der Waals surface area contributed by atoms with Gasteiger partial charge in [0.25, 0.3) is 0 Å². The first-order valence-corrected chi connectivity index (χ1v) is 9.03. The van der Waals surface area contributed by atoms with Crippen molar-refractivity contribution in [2.24, 2.45) is 0 Å². The average Bonchev–Trinajstić information content (AvgIpc) is 2.52. The molecule has 0 aliphatic rings. The van der Waals surface area contributed by atoms with Crippen LogP contribution >= 0.6 is 23.2 Å². The molecule has 1 atom stereocenters. The lowest BCUT2D eigenvalue weighted by atomic mass is 9.99. The average molecular weight is 432 g/mol. The number of carbonyl (C=O) groups is 2. The van der Waals surface area contributed by atoms with E-state index >= 15 is 0 Å². The Kier molecular flexibility index (Phi) is 7.94. The fourth-order valence-electron chi connectivity index (χ4n) is 2.17. The number of carbonyl (C=O) groups excluding carboxylic acids is 2. The van der Waals surface area contributed by atoms with Crippen LogP contribution in [0.15, 0.2) is 18.2 Å². The summed E-state index contributed by atoms with van der Waals surface area (Å²) in [6, 6.07) is 5.55. The molecular weight excluding hydrogens is 409 g/mol. The van der Waals surface area contributed by atoms with E-state index in [1.54, 1.807) is 47.6 Å². The highest BCUT2D eigenvalue weighted by Crippen LogP contribution is 2.32.